The molecular formula is C18H17ClF2N2O2S. The standard InChI is InChI=1S/C18H17ClF2N2O2S/c19-14-11-12(5-6-15(14)23-7-9-26-10-8-23)22-17(24)13-3-1-2-4-16(13)25-18(20)21/h1-6,11,18H,7-10H2,(H,22,24). The number of hydrogen-bond acceptors (Lipinski definition) is 4. The minimum atomic E-state index is -3.00. The molecule has 8 heteroatoms. The second-order valence-electron chi connectivity index (χ2n) is 5.59. The number of thioether (sulfide) groups is 1. The zero-order valence-electron chi connectivity index (χ0n) is 13.8. The van der Waals surface area contributed by atoms with E-state index in [4.69, 9.17) is 11.6 Å². The first-order valence-electron chi connectivity index (χ1n) is 8.02. The van der Waals surface area contributed by atoms with E-state index in [1.807, 2.05) is 17.8 Å². The summed E-state index contributed by atoms with van der Waals surface area (Å²) in [4.78, 5) is 14.6. The number of nitrogens with one attached hydrogen (secondary N) is 1. The molecule has 1 aliphatic rings. The molecule has 0 unspecified atom stereocenters. The van der Waals surface area contributed by atoms with Gasteiger partial charge in [0.05, 0.1) is 16.3 Å². The van der Waals surface area contributed by atoms with Gasteiger partial charge in [-0.2, -0.15) is 20.5 Å². The SMILES string of the molecule is O=C(Nc1ccc(N2CCSCC2)c(Cl)c1)c1ccccc1OC(F)F. The highest BCUT2D eigenvalue weighted by Crippen LogP contribution is 2.31. The molecule has 1 fully saturated rings. The summed E-state index contributed by atoms with van der Waals surface area (Å²) in [6, 6.07) is 11.1. The van der Waals surface area contributed by atoms with Crippen molar-refractivity contribution in [3.8, 4) is 5.75 Å². The fraction of sp³-hybridized carbons (Fsp3) is 0.278. The summed E-state index contributed by atoms with van der Waals surface area (Å²) in [5.74, 6) is 1.39. The van der Waals surface area contributed by atoms with E-state index < -0.39 is 12.5 Å². The van der Waals surface area contributed by atoms with Gasteiger partial charge in [0.25, 0.3) is 5.91 Å². The first kappa shape index (κ1) is 18.8. The summed E-state index contributed by atoms with van der Waals surface area (Å²) < 4.78 is 29.4. The van der Waals surface area contributed by atoms with Crippen molar-refractivity contribution in [2.24, 2.45) is 0 Å². The maximum Gasteiger partial charge on any atom is 0.387 e. The minimum absolute atomic E-state index is 0.0288. The van der Waals surface area contributed by atoms with Gasteiger partial charge in [0, 0.05) is 30.3 Å². The number of rotatable bonds is 5. The van der Waals surface area contributed by atoms with Crippen LogP contribution < -0.4 is 15.0 Å². The highest BCUT2D eigenvalue weighted by atomic mass is 35.5. The Balaban J connectivity index is 1.75. The molecule has 0 aromatic heterocycles. The molecule has 4 nitrogen and oxygen atoms in total. The van der Waals surface area contributed by atoms with Gasteiger partial charge in [-0.3, -0.25) is 4.79 Å². The fourth-order valence-corrected chi connectivity index (χ4v) is 3.90. The first-order chi connectivity index (χ1) is 12.5. The van der Waals surface area contributed by atoms with Crippen molar-refractivity contribution in [1.82, 2.24) is 0 Å². The number of carbonyl (C=O) groups excluding carboxylic acids is 1. The highest BCUT2D eigenvalue weighted by molar-refractivity contribution is 7.99. The predicted molar refractivity (Wildman–Crippen MR) is 102 cm³/mol. The monoisotopic (exact) mass is 398 g/mol. The van der Waals surface area contributed by atoms with Gasteiger partial charge in [-0.15, -0.1) is 0 Å². The van der Waals surface area contributed by atoms with E-state index in [0.29, 0.717) is 10.7 Å². The quantitative estimate of drug-likeness (QED) is 0.789. The molecule has 1 N–H and O–H groups in total. The van der Waals surface area contributed by atoms with Crippen LogP contribution in [0.4, 0.5) is 20.2 Å². The van der Waals surface area contributed by atoms with Gasteiger partial charge in [0.1, 0.15) is 5.75 Å². The number of ether oxygens (including phenoxy) is 1. The average molecular weight is 399 g/mol. The Hall–Kier alpha value is -1.99. The Kier molecular flexibility index (Phi) is 6.21. The smallest absolute Gasteiger partial charge is 0.387 e. The normalized spacial score (nSPS) is 14.4. The third kappa shape index (κ3) is 4.59. The lowest BCUT2D eigenvalue weighted by Crippen LogP contribution is -2.32. The first-order valence-corrected chi connectivity index (χ1v) is 9.55. The van der Waals surface area contributed by atoms with E-state index >= 15 is 0 Å². The van der Waals surface area contributed by atoms with Crippen molar-refractivity contribution in [3.63, 3.8) is 0 Å². The van der Waals surface area contributed by atoms with Gasteiger partial charge in [-0.25, -0.2) is 0 Å². The van der Waals surface area contributed by atoms with E-state index in [1.165, 1.54) is 18.2 Å². The molecule has 1 heterocycles. The van der Waals surface area contributed by atoms with Gasteiger partial charge in [-0.05, 0) is 30.3 Å². The lowest BCUT2D eigenvalue weighted by molar-refractivity contribution is -0.0501. The Bertz CT molecular complexity index is 786. The lowest BCUT2D eigenvalue weighted by atomic mass is 10.1. The highest BCUT2D eigenvalue weighted by Gasteiger charge is 2.17. The van der Waals surface area contributed by atoms with Crippen LogP contribution in [0.2, 0.25) is 5.02 Å². The number of anilines is 2. The van der Waals surface area contributed by atoms with Gasteiger partial charge >= 0.3 is 6.61 Å². The van der Waals surface area contributed by atoms with E-state index in [2.05, 4.69) is 15.0 Å². The molecule has 0 spiro atoms. The summed E-state index contributed by atoms with van der Waals surface area (Å²) in [6.07, 6.45) is 0. The van der Waals surface area contributed by atoms with Gasteiger partial charge in [0.2, 0.25) is 0 Å². The molecule has 2 aromatic carbocycles. The maximum atomic E-state index is 12.5. The van der Waals surface area contributed by atoms with Crippen molar-refractivity contribution < 1.29 is 18.3 Å². The third-order valence-electron chi connectivity index (χ3n) is 3.91. The Morgan fingerprint density at radius 3 is 2.62 bits per heavy atom. The van der Waals surface area contributed by atoms with E-state index in [-0.39, 0.29) is 11.3 Å². The van der Waals surface area contributed by atoms with Crippen LogP contribution in [0.1, 0.15) is 10.4 Å². The van der Waals surface area contributed by atoms with E-state index in [1.54, 1.807) is 18.2 Å². The zero-order valence-corrected chi connectivity index (χ0v) is 15.3. The van der Waals surface area contributed by atoms with Crippen LogP contribution in [0.5, 0.6) is 5.75 Å². The van der Waals surface area contributed by atoms with Crippen molar-refractivity contribution in [2.75, 3.05) is 34.8 Å². The average Bonchev–Trinajstić information content (AvgIpc) is 2.62. The molecule has 0 bridgehead atoms. The molecule has 1 amide bonds. The van der Waals surface area contributed by atoms with Gasteiger partial charge in [0.15, 0.2) is 0 Å². The van der Waals surface area contributed by atoms with Crippen LogP contribution in [0.3, 0.4) is 0 Å². The second-order valence-corrected chi connectivity index (χ2v) is 7.23. The number of alkyl halides is 2. The number of benzene rings is 2. The summed E-state index contributed by atoms with van der Waals surface area (Å²) >= 11 is 8.28. The lowest BCUT2D eigenvalue weighted by Gasteiger charge is -2.29. The van der Waals surface area contributed by atoms with Crippen LogP contribution >= 0.6 is 23.4 Å². The van der Waals surface area contributed by atoms with E-state index in [9.17, 15) is 13.6 Å². The molecule has 0 aliphatic carbocycles. The van der Waals surface area contributed by atoms with Crippen molar-refractivity contribution in [2.45, 2.75) is 6.61 Å². The van der Waals surface area contributed by atoms with Crippen LogP contribution in [0.15, 0.2) is 42.5 Å². The zero-order chi connectivity index (χ0) is 18.5. The molecular weight excluding hydrogens is 382 g/mol. The number of hydrogen-bond donors (Lipinski definition) is 1. The molecule has 0 atom stereocenters. The predicted octanol–water partition coefficient (Wildman–Crippen LogP) is 4.75. The summed E-state index contributed by atoms with van der Waals surface area (Å²) in [5, 5.41) is 3.21. The summed E-state index contributed by atoms with van der Waals surface area (Å²) in [7, 11) is 0. The van der Waals surface area contributed by atoms with Crippen LogP contribution in [0, 0.1) is 0 Å². The number of halogens is 3. The molecule has 138 valence electrons. The number of carbonyl (C=O) groups is 1. The Morgan fingerprint density at radius 1 is 1.19 bits per heavy atom. The minimum Gasteiger partial charge on any atom is -0.434 e. The van der Waals surface area contributed by atoms with Crippen LogP contribution in [0.25, 0.3) is 0 Å². The maximum absolute atomic E-state index is 12.5. The van der Waals surface area contributed by atoms with Crippen LogP contribution in [-0.2, 0) is 0 Å². The van der Waals surface area contributed by atoms with Gasteiger partial charge in [-0.1, -0.05) is 23.7 Å². The number of nitrogens with zero attached hydrogens (tertiary/aromatic N) is 1. The number of para-hydroxylation sites is 1. The fourth-order valence-electron chi connectivity index (χ4n) is 2.70. The summed E-state index contributed by atoms with van der Waals surface area (Å²) in [5.41, 5.74) is 1.44. The molecule has 26 heavy (non-hydrogen) atoms. The Labute approximate surface area is 159 Å². The van der Waals surface area contributed by atoms with Crippen molar-refractivity contribution >= 4 is 40.6 Å². The molecule has 0 saturated carbocycles. The van der Waals surface area contributed by atoms with Gasteiger partial charge < -0.3 is 15.0 Å². The van der Waals surface area contributed by atoms with Crippen molar-refractivity contribution in [3.05, 3.63) is 53.1 Å². The molecule has 3 rings (SSSR count). The molecule has 2 aromatic rings. The van der Waals surface area contributed by atoms with E-state index in [0.717, 1.165) is 30.3 Å². The topological polar surface area (TPSA) is 41.6 Å². The molecule has 1 aliphatic heterocycles. The number of amides is 1. The molecule has 0 radical (unpaired) electrons. The van der Waals surface area contributed by atoms with Crippen molar-refractivity contribution in [1.29, 1.82) is 0 Å². The third-order valence-corrected chi connectivity index (χ3v) is 5.15. The van der Waals surface area contributed by atoms with Crippen LogP contribution in [-0.4, -0.2) is 37.1 Å². The largest absolute Gasteiger partial charge is 0.434 e. The Morgan fingerprint density at radius 2 is 1.92 bits per heavy atom. The molecule has 1 saturated heterocycles. The second kappa shape index (κ2) is 8.60. The summed E-state index contributed by atoms with van der Waals surface area (Å²) in [6.45, 7) is -1.15.